The molecule has 0 atom stereocenters. The van der Waals surface area contributed by atoms with Gasteiger partial charge in [-0.25, -0.2) is 0 Å². The van der Waals surface area contributed by atoms with Gasteiger partial charge in [-0.15, -0.1) is 0 Å². The van der Waals surface area contributed by atoms with Crippen LogP contribution in [0.1, 0.15) is 0 Å². The molecule has 0 saturated carbocycles. The maximum Gasteiger partial charge on any atom is 0.0642 e. The highest BCUT2D eigenvalue weighted by Crippen LogP contribution is 2.07. The summed E-state index contributed by atoms with van der Waals surface area (Å²) in [5.74, 6) is 0. The SMILES string of the molecule is C=C/C(=C\C=NC)N1CCOCC1. The van der Waals surface area contributed by atoms with Crippen LogP contribution in [0.25, 0.3) is 0 Å². The van der Waals surface area contributed by atoms with Gasteiger partial charge >= 0.3 is 0 Å². The Hall–Kier alpha value is -1.09. The van der Waals surface area contributed by atoms with Crippen molar-refractivity contribution < 1.29 is 4.74 Å². The molecule has 1 aliphatic rings. The van der Waals surface area contributed by atoms with Crippen LogP contribution >= 0.6 is 0 Å². The van der Waals surface area contributed by atoms with E-state index in [2.05, 4.69) is 16.5 Å². The second kappa shape index (κ2) is 5.54. The van der Waals surface area contributed by atoms with E-state index in [1.807, 2.05) is 12.2 Å². The number of ether oxygens (including phenoxy) is 1. The average Bonchev–Trinajstić information content (AvgIpc) is 2.21. The highest BCUT2D eigenvalue weighted by molar-refractivity contribution is 5.72. The molecule has 3 heteroatoms. The zero-order valence-corrected chi connectivity index (χ0v) is 8.07. The zero-order chi connectivity index (χ0) is 9.52. The molecule has 72 valence electrons. The predicted octanol–water partition coefficient (Wildman–Crippen LogP) is 1.09. The first-order chi connectivity index (χ1) is 6.38. The van der Waals surface area contributed by atoms with Crippen molar-refractivity contribution in [1.82, 2.24) is 4.90 Å². The van der Waals surface area contributed by atoms with Crippen LogP contribution in [0.4, 0.5) is 0 Å². The van der Waals surface area contributed by atoms with E-state index in [9.17, 15) is 0 Å². The fourth-order valence-electron chi connectivity index (χ4n) is 1.28. The van der Waals surface area contributed by atoms with Crippen molar-refractivity contribution in [2.24, 2.45) is 4.99 Å². The maximum absolute atomic E-state index is 5.26. The van der Waals surface area contributed by atoms with Gasteiger partial charge in [0, 0.05) is 32.0 Å². The molecule has 3 nitrogen and oxygen atoms in total. The van der Waals surface area contributed by atoms with Gasteiger partial charge in [0.2, 0.25) is 0 Å². The number of hydrogen-bond acceptors (Lipinski definition) is 3. The molecule has 0 aliphatic carbocycles. The van der Waals surface area contributed by atoms with Gasteiger partial charge < -0.3 is 9.64 Å². The normalized spacial score (nSPS) is 19.5. The lowest BCUT2D eigenvalue weighted by molar-refractivity contribution is 0.0555. The Balaban J connectivity index is 2.58. The van der Waals surface area contributed by atoms with Gasteiger partial charge in [-0.2, -0.15) is 0 Å². The van der Waals surface area contributed by atoms with Gasteiger partial charge in [0.1, 0.15) is 0 Å². The van der Waals surface area contributed by atoms with E-state index in [4.69, 9.17) is 4.74 Å². The molecule has 1 rings (SSSR count). The molecular weight excluding hydrogens is 164 g/mol. The molecule has 0 aromatic carbocycles. The van der Waals surface area contributed by atoms with Crippen molar-refractivity contribution in [2.75, 3.05) is 33.4 Å². The van der Waals surface area contributed by atoms with Crippen LogP contribution in [-0.2, 0) is 4.74 Å². The molecule has 0 unspecified atom stereocenters. The Morgan fingerprint density at radius 2 is 2.15 bits per heavy atom. The summed E-state index contributed by atoms with van der Waals surface area (Å²) in [5, 5.41) is 0. The van der Waals surface area contributed by atoms with Crippen LogP contribution < -0.4 is 0 Å². The number of nitrogens with zero attached hydrogens (tertiary/aromatic N) is 2. The van der Waals surface area contributed by atoms with Crippen molar-refractivity contribution in [1.29, 1.82) is 0 Å². The van der Waals surface area contributed by atoms with E-state index in [1.54, 1.807) is 13.3 Å². The minimum atomic E-state index is 0.800. The Morgan fingerprint density at radius 3 is 2.69 bits per heavy atom. The molecule has 13 heavy (non-hydrogen) atoms. The third-order valence-electron chi connectivity index (χ3n) is 1.98. The molecule has 1 saturated heterocycles. The summed E-state index contributed by atoms with van der Waals surface area (Å²) >= 11 is 0. The molecule has 1 heterocycles. The van der Waals surface area contributed by atoms with E-state index < -0.39 is 0 Å². The van der Waals surface area contributed by atoms with E-state index in [-0.39, 0.29) is 0 Å². The summed E-state index contributed by atoms with van der Waals surface area (Å²) in [5.41, 5.74) is 1.12. The van der Waals surface area contributed by atoms with Crippen molar-refractivity contribution >= 4 is 6.21 Å². The van der Waals surface area contributed by atoms with Crippen LogP contribution in [0.3, 0.4) is 0 Å². The van der Waals surface area contributed by atoms with E-state index in [1.165, 1.54) is 0 Å². The van der Waals surface area contributed by atoms with Gasteiger partial charge in [0.15, 0.2) is 0 Å². The molecule has 0 aromatic rings. The summed E-state index contributed by atoms with van der Waals surface area (Å²) in [6, 6.07) is 0. The van der Waals surface area contributed by atoms with Crippen LogP contribution in [0.2, 0.25) is 0 Å². The minimum absolute atomic E-state index is 0.800. The maximum atomic E-state index is 5.26. The second-order valence-electron chi connectivity index (χ2n) is 2.80. The summed E-state index contributed by atoms with van der Waals surface area (Å²) in [6.07, 6.45) is 5.61. The Kier molecular flexibility index (Phi) is 4.26. The highest BCUT2D eigenvalue weighted by Gasteiger charge is 2.10. The van der Waals surface area contributed by atoms with Crippen LogP contribution in [0.15, 0.2) is 29.4 Å². The molecular formula is C10H16N2O. The summed E-state index contributed by atoms with van der Waals surface area (Å²) in [6.45, 7) is 7.26. The first kappa shape index (κ1) is 9.99. The van der Waals surface area contributed by atoms with Crippen molar-refractivity contribution in [3.8, 4) is 0 Å². The molecule has 1 aliphatic heterocycles. The third-order valence-corrected chi connectivity index (χ3v) is 1.98. The van der Waals surface area contributed by atoms with Gasteiger partial charge in [0.05, 0.1) is 13.2 Å². The molecule has 0 bridgehead atoms. The fraction of sp³-hybridized carbons (Fsp3) is 0.500. The lowest BCUT2D eigenvalue weighted by atomic mass is 10.3. The van der Waals surface area contributed by atoms with Crippen molar-refractivity contribution in [3.63, 3.8) is 0 Å². The monoisotopic (exact) mass is 180 g/mol. The van der Waals surface area contributed by atoms with E-state index in [0.717, 1.165) is 32.0 Å². The zero-order valence-electron chi connectivity index (χ0n) is 8.07. The standard InChI is InChI=1S/C10H16N2O/c1-3-10(4-5-11-2)12-6-8-13-9-7-12/h3-5H,1,6-9H2,2H3/b10-4+,11-5?. The van der Waals surface area contributed by atoms with E-state index >= 15 is 0 Å². The lowest BCUT2D eigenvalue weighted by Gasteiger charge is -2.29. The van der Waals surface area contributed by atoms with Gasteiger partial charge in [-0.1, -0.05) is 6.58 Å². The third kappa shape index (κ3) is 3.03. The number of morpholine rings is 1. The van der Waals surface area contributed by atoms with E-state index in [0.29, 0.717) is 0 Å². The average molecular weight is 180 g/mol. The van der Waals surface area contributed by atoms with Crippen molar-refractivity contribution in [3.05, 3.63) is 24.4 Å². The molecule has 0 N–H and O–H groups in total. The Bertz CT molecular complexity index is 215. The van der Waals surface area contributed by atoms with Gasteiger partial charge in [-0.05, 0) is 12.2 Å². The van der Waals surface area contributed by atoms with Crippen LogP contribution in [0, 0.1) is 0 Å². The number of rotatable bonds is 3. The summed E-state index contributed by atoms with van der Waals surface area (Å²) in [7, 11) is 1.76. The highest BCUT2D eigenvalue weighted by atomic mass is 16.5. The largest absolute Gasteiger partial charge is 0.378 e. The van der Waals surface area contributed by atoms with Crippen molar-refractivity contribution in [2.45, 2.75) is 0 Å². The smallest absolute Gasteiger partial charge is 0.0642 e. The molecule has 0 amide bonds. The van der Waals surface area contributed by atoms with Crippen LogP contribution in [-0.4, -0.2) is 44.5 Å². The number of aliphatic imine (C=N–C) groups is 1. The summed E-state index contributed by atoms with van der Waals surface area (Å²) in [4.78, 5) is 6.16. The Morgan fingerprint density at radius 1 is 1.46 bits per heavy atom. The number of allylic oxidation sites excluding steroid dienone is 2. The molecule has 0 aromatic heterocycles. The molecule has 0 radical (unpaired) electrons. The fourth-order valence-corrected chi connectivity index (χ4v) is 1.28. The first-order valence-electron chi connectivity index (χ1n) is 4.46. The number of hydrogen-bond donors (Lipinski definition) is 0. The predicted molar refractivity (Wildman–Crippen MR) is 55.1 cm³/mol. The molecule has 1 fully saturated rings. The van der Waals surface area contributed by atoms with Gasteiger partial charge in [0.25, 0.3) is 0 Å². The quantitative estimate of drug-likeness (QED) is 0.480. The first-order valence-corrected chi connectivity index (χ1v) is 4.46. The molecule has 0 spiro atoms. The van der Waals surface area contributed by atoms with Gasteiger partial charge in [-0.3, -0.25) is 4.99 Å². The second-order valence-corrected chi connectivity index (χ2v) is 2.80. The Labute approximate surface area is 79.4 Å². The minimum Gasteiger partial charge on any atom is -0.378 e. The van der Waals surface area contributed by atoms with Crippen LogP contribution in [0.5, 0.6) is 0 Å². The topological polar surface area (TPSA) is 24.8 Å². The lowest BCUT2D eigenvalue weighted by Crippen LogP contribution is -2.35. The summed E-state index contributed by atoms with van der Waals surface area (Å²) < 4.78 is 5.26.